The lowest BCUT2D eigenvalue weighted by molar-refractivity contribution is -0.138. The Morgan fingerprint density at radius 2 is 1.58 bits per heavy atom. The van der Waals surface area contributed by atoms with Crippen molar-refractivity contribution in [2.24, 2.45) is 5.84 Å². The average Bonchev–Trinajstić information content (AvgIpc) is 2.46. The maximum atomic E-state index is 11.4. The van der Waals surface area contributed by atoms with Gasteiger partial charge in [-0.05, 0) is 17.7 Å². The molecule has 0 fully saturated rings. The van der Waals surface area contributed by atoms with Crippen LogP contribution in [0.2, 0.25) is 0 Å². The minimum atomic E-state index is -0.935. The van der Waals surface area contributed by atoms with Crippen molar-refractivity contribution in [1.29, 1.82) is 0 Å². The molecule has 4 heteroatoms. The summed E-state index contributed by atoms with van der Waals surface area (Å²) in [6, 6.07) is 17.8. The van der Waals surface area contributed by atoms with Gasteiger partial charge < -0.3 is 5.11 Å². The maximum absolute atomic E-state index is 11.4. The van der Waals surface area contributed by atoms with Gasteiger partial charge in [0.2, 0.25) is 0 Å². The van der Waals surface area contributed by atoms with Crippen molar-refractivity contribution in [2.45, 2.75) is 12.5 Å². The van der Waals surface area contributed by atoms with Gasteiger partial charge in [-0.25, -0.2) is 10.6 Å². The molecule has 0 radical (unpaired) electrons. The SMILES string of the molecule is NN(c1ccccc1)[C@@H](Cc1ccccc1)C(=O)O. The highest BCUT2D eigenvalue weighted by atomic mass is 16.4. The maximum Gasteiger partial charge on any atom is 0.328 e. The summed E-state index contributed by atoms with van der Waals surface area (Å²) in [5, 5.41) is 10.6. The van der Waals surface area contributed by atoms with E-state index in [1.54, 1.807) is 12.1 Å². The summed E-state index contributed by atoms with van der Waals surface area (Å²) in [5.41, 5.74) is 1.63. The van der Waals surface area contributed by atoms with Crippen molar-refractivity contribution in [1.82, 2.24) is 0 Å². The van der Waals surface area contributed by atoms with E-state index < -0.39 is 12.0 Å². The Hall–Kier alpha value is -2.33. The number of para-hydroxylation sites is 1. The van der Waals surface area contributed by atoms with Gasteiger partial charge in [0.25, 0.3) is 0 Å². The fraction of sp³-hybridized carbons (Fsp3) is 0.133. The van der Waals surface area contributed by atoms with Crippen molar-refractivity contribution in [3.63, 3.8) is 0 Å². The summed E-state index contributed by atoms with van der Waals surface area (Å²) in [6.45, 7) is 0. The van der Waals surface area contributed by atoms with Crippen molar-refractivity contribution in [3.05, 3.63) is 66.2 Å². The van der Waals surface area contributed by atoms with Crippen LogP contribution in [0.4, 0.5) is 5.69 Å². The number of nitrogens with zero attached hydrogens (tertiary/aromatic N) is 1. The van der Waals surface area contributed by atoms with Gasteiger partial charge in [0.15, 0.2) is 0 Å². The molecule has 0 aliphatic rings. The highest BCUT2D eigenvalue weighted by Crippen LogP contribution is 2.15. The van der Waals surface area contributed by atoms with Crippen LogP contribution in [-0.2, 0) is 11.2 Å². The number of hydrazine groups is 1. The molecule has 3 N–H and O–H groups in total. The van der Waals surface area contributed by atoms with Gasteiger partial charge in [-0.2, -0.15) is 0 Å². The number of anilines is 1. The monoisotopic (exact) mass is 256 g/mol. The molecule has 4 nitrogen and oxygen atoms in total. The van der Waals surface area contributed by atoms with Crippen molar-refractivity contribution in [3.8, 4) is 0 Å². The van der Waals surface area contributed by atoms with Gasteiger partial charge in [-0.15, -0.1) is 0 Å². The fourth-order valence-corrected chi connectivity index (χ4v) is 1.92. The molecule has 19 heavy (non-hydrogen) atoms. The Balaban J connectivity index is 2.19. The first kappa shape index (κ1) is 13.1. The third kappa shape index (κ3) is 3.33. The lowest BCUT2D eigenvalue weighted by Crippen LogP contribution is -2.47. The molecule has 0 aliphatic heterocycles. The number of carboxylic acids is 1. The van der Waals surface area contributed by atoms with Crippen molar-refractivity contribution < 1.29 is 9.90 Å². The minimum Gasteiger partial charge on any atom is -0.480 e. The lowest BCUT2D eigenvalue weighted by Gasteiger charge is -2.26. The molecule has 0 heterocycles. The van der Waals surface area contributed by atoms with Crippen LogP contribution < -0.4 is 10.9 Å². The smallest absolute Gasteiger partial charge is 0.328 e. The van der Waals surface area contributed by atoms with Crippen LogP contribution >= 0.6 is 0 Å². The zero-order chi connectivity index (χ0) is 13.7. The molecule has 98 valence electrons. The molecule has 2 rings (SSSR count). The Bertz CT molecular complexity index is 528. The molecule has 1 atom stereocenters. The lowest BCUT2D eigenvalue weighted by atomic mass is 10.1. The number of rotatable bonds is 5. The average molecular weight is 256 g/mol. The van der Waals surface area contributed by atoms with E-state index in [2.05, 4.69) is 0 Å². The van der Waals surface area contributed by atoms with E-state index in [1.807, 2.05) is 48.5 Å². The van der Waals surface area contributed by atoms with E-state index in [0.717, 1.165) is 5.56 Å². The Kier molecular flexibility index (Phi) is 4.15. The summed E-state index contributed by atoms with van der Waals surface area (Å²) >= 11 is 0. The third-order valence-electron chi connectivity index (χ3n) is 2.95. The molecule has 0 unspecified atom stereocenters. The molecule has 0 spiro atoms. The quantitative estimate of drug-likeness (QED) is 0.635. The van der Waals surface area contributed by atoms with Crippen LogP contribution in [0.25, 0.3) is 0 Å². The summed E-state index contributed by atoms with van der Waals surface area (Å²) in [7, 11) is 0. The van der Waals surface area contributed by atoms with Gasteiger partial charge in [-0.3, -0.25) is 5.01 Å². The molecule has 2 aromatic rings. The second-order valence-electron chi connectivity index (χ2n) is 4.29. The normalized spacial score (nSPS) is 11.8. The van der Waals surface area contributed by atoms with E-state index in [9.17, 15) is 9.90 Å². The second kappa shape index (κ2) is 6.02. The Labute approximate surface area is 112 Å². The van der Waals surface area contributed by atoms with Gasteiger partial charge in [0, 0.05) is 6.42 Å². The zero-order valence-electron chi connectivity index (χ0n) is 10.4. The van der Waals surface area contributed by atoms with Crippen LogP contribution in [0.15, 0.2) is 60.7 Å². The molecule has 0 saturated heterocycles. The molecular formula is C15H16N2O2. The number of nitrogens with two attached hydrogens (primary N) is 1. The van der Waals surface area contributed by atoms with Gasteiger partial charge in [0.05, 0.1) is 5.69 Å². The molecule has 2 aromatic carbocycles. The highest BCUT2D eigenvalue weighted by molar-refractivity contribution is 5.78. The van der Waals surface area contributed by atoms with E-state index in [0.29, 0.717) is 12.1 Å². The van der Waals surface area contributed by atoms with Gasteiger partial charge in [0.1, 0.15) is 6.04 Å². The fourth-order valence-electron chi connectivity index (χ4n) is 1.92. The number of aliphatic carboxylic acids is 1. The van der Waals surface area contributed by atoms with Crippen LogP contribution in [0, 0.1) is 0 Å². The summed E-state index contributed by atoms with van der Waals surface area (Å²) in [4.78, 5) is 11.4. The number of hydrogen-bond acceptors (Lipinski definition) is 3. The van der Waals surface area contributed by atoms with Crippen LogP contribution in [-0.4, -0.2) is 17.1 Å². The Morgan fingerprint density at radius 3 is 2.11 bits per heavy atom. The van der Waals surface area contributed by atoms with E-state index >= 15 is 0 Å². The first-order valence-corrected chi connectivity index (χ1v) is 6.04. The van der Waals surface area contributed by atoms with E-state index in [-0.39, 0.29) is 0 Å². The van der Waals surface area contributed by atoms with Crippen LogP contribution in [0.3, 0.4) is 0 Å². The first-order valence-electron chi connectivity index (χ1n) is 6.04. The molecule has 0 bridgehead atoms. The molecule has 0 amide bonds. The molecular weight excluding hydrogens is 240 g/mol. The second-order valence-corrected chi connectivity index (χ2v) is 4.29. The predicted octanol–water partition coefficient (Wildman–Crippen LogP) is 2.06. The highest BCUT2D eigenvalue weighted by Gasteiger charge is 2.23. The number of carboxylic acid groups (broad SMARTS) is 1. The molecule has 0 saturated carbocycles. The van der Waals surface area contributed by atoms with Gasteiger partial charge >= 0.3 is 5.97 Å². The van der Waals surface area contributed by atoms with Crippen molar-refractivity contribution in [2.75, 3.05) is 5.01 Å². The van der Waals surface area contributed by atoms with Crippen LogP contribution in [0.1, 0.15) is 5.56 Å². The predicted molar refractivity (Wildman–Crippen MR) is 74.7 cm³/mol. The standard InChI is InChI=1S/C15H16N2O2/c16-17(13-9-5-2-6-10-13)14(15(18)19)11-12-7-3-1-4-8-12/h1-10,14H,11,16H2,(H,18,19)/t14-/m0/s1. The summed E-state index contributed by atoms with van der Waals surface area (Å²) in [6.07, 6.45) is 0.363. The topological polar surface area (TPSA) is 66.6 Å². The summed E-state index contributed by atoms with van der Waals surface area (Å²) < 4.78 is 0. The largest absolute Gasteiger partial charge is 0.480 e. The summed E-state index contributed by atoms with van der Waals surface area (Å²) in [5.74, 6) is 5.01. The Morgan fingerprint density at radius 1 is 1.05 bits per heavy atom. The third-order valence-corrected chi connectivity index (χ3v) is 2.95. The molecule has 0 aliphatic carbocycles. The van der Waals surface area contributed by atoms with Crippen molar-refractivity contribution >= 4 is 11.7 Å². The van der Waals surface area contributed by atoms with Gasteiger partial charge in [-0.1, -0.05) is 48.5 Å². The van der Waals surface area contributed by atoms with E-state index in [4.69, 9.17) is 5.84 Å². The first-order chi connectivity index (χ1) is 9.18. The minimum absolute atomic E-state index is 0.363. The number of benzene rings is 2. The van der Waals surface area contributed by atoms with Crippen LogP contribution in [0.5, 0.6) is 0 Å². The molecule has 0 aromatic heterocycles. The number of hydrogen-bond donors (Lipinski definition) is 2. The zero-order valence-corrected chi connectivity index (χ0v) is 10.4. The number of carbonyl (C=O) groups is 1. The van der Waals surface area contributed by atoms with E-state index in [1.165, 1.54) is 5.01 Å².